The number of nitro benzene ring substituents is 1. The van der Waals surface area contributed by atoms with E-state index in [-0.39, 0.29) is 34.9 Å². The molecule has 2 aromatic carbocycles. The molecule has 12 heteroatoms. The number of aryl methyl sites for hydroxylation is 1. The Hall–Kier alpha value is -3.86. The number of nitrogens with zero attached hydrogens (tertiary/aromatic N) is 4. The van der Waals surface area contributed by atoms with Crippen molar-refractivity contribution in [3.05, 3.63) is 68.0 Å². The topological polar surface area (TPSA) is 146 Å². The standard InChI is InChI=1S/C18H14ClN5O6/c19-13-9-11(24(28)29)5-6-15(13)20-16(25)10-30-17(26)7-8-23-18(27)12-3-1-2-4-14(12)21-22-23/h1-6,9H,7-8,10H2,(H,20,25). The minimum absolute atomic E-state index is 0.0295. The number of aromatic nitrogens is 3. The molecule has 0 saturated carbocycles. The average molecular weight is 432 g/mol. The van der Waals surface area contributed by atoms with Gasteiger partial charge in [0.25, 0.3) is 17.2 Å². The molecule has 1 amide bonds. The number of esters is 1. The number of benzene rings is 2. The van der Waals surface area contributed by atoms with Crippen LogP contribution in [0, 0.1) is 10.1 Å². The summed E-state index contributed by atoms with van der Waals surface area (Å²) in [6.45, 7) is -0.657. The fourth-order valence-corrected chi connectivity index (χ4v) is 2.71. The molecule has 0 radical (unpaired) electrons. The zero-order valence-electron chi connectivity index (χ0n) is 15.3. The number of nitro groups is 1. The minimum atomic E-state index is -0.721. The summed E-state index contributed by atoms with van der Waals surface area (Å²) >= 11 is 5.88. The van der Waals surface area contributed by atoms with Gasteiger partial charge >= 0.3 is 5.97 Å². The number of rotatable bonds is 7. The number of anilines is 1. The predicted molar refractivity (Wildman–Crippen MR) is 106 cm³/mol. The molecule has 0 aliphatic rings. The van der Waals surface area contributed by atoms with Crippen LogP contribution in [-0.4, -0.2) is 38.4 Å². The molecule has 30 heavy (non-hydrogen) atoms. The lowest BCUT2D eigenvalue weighted by Crippen LogP contribution is -2.26. The normalized spacial score (nSPS) is 10.6. The van der Waals surface area contributed by atoms with Crippen LogP contribution in [0.15, 0.2) is 47.3 Å². The smallest absolute Gasteiger partial charge is 0.308 e. The van der Waals surface area contributed by atoms with E-state index in [0.29, 0.717) is 10.9 Å². The van der Waals surface area contributed by atoms with Crippen molar-refractivity contribution < 1.29 is 19.2 Å². The maximum atomic E-state index is 12.3. The molecule has 0 atom stereocenters. The molecular weight excluding hydrogens is 418 g/mol. The van der Waals surface area contributed by atoms with E-state index in [1.54, 1.807) is 24.3 Å². The van der Waals surface area contributed by atoms with Gasteiger partial charge in [0.15, 0.2) is 6.61 Å². The Morgan fingerprint density at radius 3 is 2.73 bits per heavy atom. The monoisotopic (exact) mass is 431 g/mol. The van der Waals surface area contributed by atoms with Gasteiger partial charge in [0, 0.05) is 12.1 Å². The Labute approximate surface area is 173 Å². The number of amides is 1. The van der Waals surface area contributed by atoms with Crippen LogP contribution in [0.5, 0.6) is 0 Å². The summed E-state index contributed by atoms with van der Waals surface area (Å²) in [7, 11) is 0. The van der Waals surface area contributed by atoms with E-state index in [2.05, 4.69) is 15.6 Å². The molecule has 11 nitrogen and oxygen atoms in total. The van der Waals surface area contributed by atoms with Crippen LogP contribution in [0.2, 0.25) is 5.02 Å². The quantitative estimate of drug-likeness (QED) is 0.339. The van der Waals surface area contributed by atoms with E-state index < -0.39 is 23.4 Å². The van der Waals surface area contributed by atoms with Gasteiger partial charge in [-0.25, -0.2) is 4.68 Å². The highest BCUT2D eigenvalue weighted by Crippen LogP contribution is 2.26. The van der Waals surface area contributed by atoms with Crippen molar-refractivity contribution in [2.24, 2.45) is 0 Å². The van der Waals surface area contributed by atoms with Gasteiger partial charge in [0.1, 0.15) is 5.52 Å². The molecule has 0 spiro atoms. The first kappa shape index (κ1) is 20.9. The lowest BCUT2D eigenvalue weighted by Gasteiger charge is -2.08. The first-order chi connectivity index (χ1) is 14.3. The number of nitrogens with one attached hydrogen (secondary N) is 1. The van der Waals surface area contributed by atoms with Crippen molar-refractivity contribution >= 4 is 45.8 Å². The number of carbonyl (C=O) groups is 2. The van der Waals surface area contributed by atoms with Gasteiger partial charge in [-0.05, 0) is 18.2 Å². The number of hydrogen-bond acceptors (Lipinski definition) is 8. The van der Waals surface area contributed by atoms with Crippen LogP contribution in [0.3, 0.4) is 0 Å². The summed E-state index contributed by atoms with van der Waals surface area (Å²) < 4.78 is 5.90. The van der Waals surface area contributed by atoms with Crippen molar-refractivity contribution in [1.29, 1.82) is 0 Å². The summed E-state index contributed by atoms with van der Waals surface area (Å²) in [6.07, 6.45) is -0.196. The molecule has 0 fully saturated rings. The van der Waals surface area contributed by atoms with Crippen LogP contribution in [0.1, 0.15) is 6.42 Å². The molecule has 0 bridgehead atoms. The Balaban J connectivity index is 1.51. The van der Waals surface area contributed by atoms with E-state index in [1.807, 2.05) is 0 Å². The maximum Gasteiger partial charge on any atom is 0.308 e. The molecule has 3 rings (SSSR count). The first-order valence-corrected chi connectivity index (χ1v) is 8.95. The first-order valence-electron chi connectivity index (χ1n) is 8.57. The molecule has 1 heterocycles. The Kier molecular flexibility index (Phi) is 6.32. The number of hydrogen-bond donors (Lipinski definition) is 1. The van der Waals surface area contributed by atoms with Gasteiger partial charge in [0.2, 0.25) is 0 Å². The molecule has 1 aromatic heterocycles. The average Bonchev–Trinajstić information content (AvgIpc) is 2.73. The Morgan fingerprint density at radius 1 is 1.23 bits per heavy atom. The lowest BCUT2D eigenvalue weighted by molar-refractivity contribution is -0.384. The van der Waals surface area contributed by atoms with E-state index in [4.69, 9.17) is 16.3 Å². The second kappa shape index (κ2) is 9.09. The van der Waals surface area contributed by atoms with Crippen LogP contribution < -0.4 is 10.9 Å². The molecule has 3 aromatic rings. The van der Waals surface area contributed by atoms with Gasteiger partial charge < -0.3 is 10.1 Å². The Morgan fingerprint density at radius 2 is 2.00 bits per heavy atom. The van der Waals surface area contributed by atoms with Crippen molar-refractivity contribution in [3.63, 3.8) is 0 Å². The largest absolute Gasteiger partial charge is 0.456 e. The number of halogens is 1. The predicted octanol–water partition coefficient (Wildman–Crippen LogP) is 1.93. The van der Waals surface area contributed by atoms with Gasteiger partial charge in [-0.1, -0.05) is 28.9 Å². The van der Waals surface area contributed by atoms with Gasteiger partial charge in [-0.3, -0.25) is 24.5 Å². The van der Waals surface area contributed by atoms with E-state index in [1.165, 1.54) is 12.1 Å². The summed E-state index contributed by atoms with van der Waals surface area (Å²) in [5.41, 5.74) is -0.0281. The summed E-state index contributed by atoms with van der Waals surface area (Å²) in [5.74, 6) is -1.40. The molecule has 0 aliphatic heterocycles. The lowest BCUT2D eigenvalue weighted by atomic mass is 10.2. The second-order valence-electron chi connectivity index (χ2n) is 6.02. The SMILES string of the molecule is O=C(COC(=O)CCn1nnc2ccccc2c1=O)Nc1ccc([N+](=O)[O-])cc1Cl. The molecule has 1 N–H and O–H groups in total. The van der Waals surface area contributed by atoms with Crippen molar-refractivity contribution in [2.45, 2.75) is 13.0 Å². The highest BCUT2D eigenvalue weighted by molar-refractivity contribution is 6.34. The summed E-state index contributed by atoms with van der Waals surface area (Å²) in [5, 5.41) is 21.1. The van der Waals surface area contributed by atoms with Crippen molar-refractivity contribution in [2.75, 3.05) is 11.9 Å². The zero-order chi connectivity index (χ0) is 21.7. The number of ether oxygens (including phenoxy) is 1. The third kappa shape index (κ3) is 4.94. The molecule has 0 aliphatic carbocycles. The van der Waals surface area contributed by atoms with E-state index >= 15 is 0 Å². The van der Waals surface area contributed by atoms with Crippen molar-refractivity contribution in [3.8, 4) is 0 Å². The van der Waals surface area contributed by atoms with Gasteiger partial charge in [-0.2, -0.15) is 0 Å². The molecule has 0 saturated heterocycles. The number of carbonyl (C=O) groups excluding carboxylic acids is 2. The van der Waals surface area contributed by atoms with Crippen LogP contribution >= 0.6 is 11.6 Å². The van der Waals surface area contributed by atoms with Crippen molar-refractivity contribution in [1.82, 2.24) is 15.0 Å². The van der Waals surface area contributed by atoms with Crippen LogP contribution in [-0.2, 0) is 20.9 Å². The summed E-state index contributed by atoms with van der Waals surface area (Å²) in [6, 6.07) is 10.2. The molecule has 154 valence electrons. The fraction of sp³-hybridized carbons (Fsp3) is 0.167. The summed E-state index contributed by atoms with van der Waals surface area (Å²) in [4.78, 5) is 46.1. The Bertz CT molecular complexity index is 1200. The molecular formula is C18H14ClN5O6. The highest BCUT2D eigenvalue weighted by Gasteiger charge is 2.14. The molecule has 0 unspecified atom stereocenters. The number of fused-ring (bicyclic) bond motifs is 1. The minimum Gasteiger partial charge on any atom is -0.456 e. The van der Waals surface area contributed by atoms with Crippen LogP contribution in [0.25, 0.3) is 10.9 Å². The van der Waals surface area contributed by atoms with Crippen LogP contribution in [0.4, 0.5) is 11.4 Å². The van der Waals surface area contributed by atoms with Gasteiger partial charge in [-0.15, -0.1) is 5.10 Å². The highest BCUT2D eigenvalue weighted by atomic mass is 35.5. The third-order valence-electron chi connectivity index (χ3n) is 3.96. The zero-order valence-corrected chi connectivity index (χ0v) is 16.0. The maximum absolute atomic E-state index is 12.3. The number of non-ortho nitro benzene ring substituents is 1. The fourth-order valence-electron chi connectivity index (χ4n) is 2.49. The second-order valence-corrected chi connectivity index (χ2v) is 6.42. The third-order valence-corrected chi connectivity index (χ3v) is 4.27. The van der Waals surface area contributed by atoms with Gasteiger partial charge in [0.05, 0.1) is 34.0 Å². The van der Waals surface area contributed by atoms with E-state index in [9.17, 15) is 24.5 Å². The van der Waals surface area contributed by atoms with E-state index in [0.717, 1.165) is 10.7 Å².